The summed E-state index contributed by atoms with van der Waals surface area (Å²) in [4.78, 5) is 4.21. The lowest BCUT2D eigenvalue weighted by atomic mass is 10.1. The maximum atomic E-state index is 14.0. The van der Waals surface area contributed by atoms with E-state index in [1.807, 2.05) is 13.8 Å². The van der Waals surface area contributed by atoms with Gasteiger partial charge in [0.2, 0.25) is 0 Å². The molecule has 0 spiro atoms. The predicted molar refractivity (Wildman–Crippen MR) is 80.6 cm³/mol. The first-order valence-corrected chi connectivity index (χ1v) is 7.47. The molecule has 2 heterocycles. The Morgan fingerprint density at radius 1 is 1.18 bits per heavy atom. The van der Waals surface area contributed by atoms with Crippen molar-refractivity contribution in [2.24, 2.45) is 0 Å². The van der Waals surface area contributed by atoms with Crippen LogP contribution in [-0.4, -0.2) is 19.1 Å². The van der Waals surface area contributed by atoms with Crippen LogP contribution in [0.5, 0.6) is 0 Å². The maximum Gasteiger partial charge on any atom is 0.140 e. The van der Waals surface area contributed by atoms with Gasteiger partial charge in [-0.15, -0.1) is 0 Å². The van der Waals surface area contributed by atoms with Crippen molar-refractivity contribution in [1.82, 2.24) is 19.1 Å². The van der Waals surface area contributed by atoms with Crippen LogP contribution in [0.25, 0.3) is 11.3 Å². The van der Waals surface area contributed by atoms with Gasteiger partial charge in [-0.2, -0.15) is 9.47 Å². The highest BCUT2D eigenvalue weighted by molar-refractivity contribution is 7.05. The molecule has 22 heavy (non-hydrogen) atoms. The molecule has 0 atom stereocenters. The van der Waals surface area contributed by atoms with Crippen molar-refractivity contribution < 1.29 is 8.78 Å². The van der Waals surface area contributed by atoms with Crippen molar-refractivity contribution in [3.63, 3.8) is 0 Å². The van der Waals surface area contributed by atoms with Gasteiger partial charge in [0, 0.05) is 6.20 Å². The lowest BCUT2D eigenvalue weighted by Gasteiger charge is -2.22. The molecular formula is C15H14F2N4S. The van der Waals surface area contributed by atoms with Gasteiger partial charge in [0.1, 0.15) is 34.2 Å². The second-order valence-corrected chi connectivity index (χ2v) is 6.29. The van der Waals surface area contributed by atoms with Crippen LogP contribution in [-0.2, 0) is 5.54 Å². The number of halogens is 2. The fourth-order valence-corrected chi connectivity index (χ4v) is 2.86. The summed E-state index contributed by atoms with van der Waals surface area (Å²) in [7, 11) is 0. The lowest BCUT2D eigenvalue weighted by molar-refractivity contribution is 0.389. The third kappa shape index (κ3) is 2.31. The van der Waals surface area contributed by atoms with Crippen molar-refractivity contribution in [2.45, 2.75) is 26.3 Å². The fourth-order valence-electron chi connectivity index (χ4n) is 2.26. The SMILES string of the molecule is Cc1cn(C(C)(C)c2ncns2)nc1-c1c(F)cccc1F. The second-order valence-electron chi connectivity index (χ2n) is 5.51. The van der Waals surface area contributed by atoms with E-state index in [0.29, 0.717) is 11.3 Å². The van der Waals surface area contributed by atoms with Crippen LogP contribution >= 0.6 is 11.5 Å². The predicted octanol–water partition coefficient (Wildman–Crippen LogP) is 3.77. The van der Waals surface area contributed by atoms with Crippen LogP contribution in [0.3, 0.4) is 0 Å². The van der Waals surface area contributed by atoms with Crippen LogP contribution in [0, 0.1) is 18.6 Å². The van der Waals surface area contributed by atoms with E-state index < -0.39 is 17.2 Å². The van der Waals surface area contributed by atoms with E-state index in [2.05, 4.69) is 14.5 Å². The molecule has 0 unspecified atom stereocenters. The first-order chi connectivity index (χ1) is 10.4. The van der Waals surface area contributed by atoms with E-state index in [1.54, 1.807) is 17.8 Å². The van der Waals surface area contributed by atoms with Crippen molar-refractivity contribution in [1.29, 1.82) is 0 Å². The minimum atomic E-state index is -0.623. The minimum Gasteiger partial charge on any atom is -0.259 e. The van der Waals surface area contributed by atoms with Gasteiger partial charge in [-0.25, -0.2) is 13.8 Å². The van der Waals surface area contributed by atoms with Crippen LogP contribution < -0.4 is 0 Å². The summed E-state index contributed by atoms with van der Waals surface area (Å²) in [5.74, 6) is -1.25. The highest BCUT2D eigenvalue weighted by Crippen LogP contribution is 2.31. The summed E-state index contributed by atoms with van der Waals surface area (Å²) in [6, 6.07) is 3.80. The van der Waals surface area contributed by atoms with E-state index in [1.165, 1.54) is 36.1 Å². The van der Waals surface area contributed by atoms with E-state index >= 15 is 0 Å². The van der Waals surface area contributed by atoms with Crippen LogP contribution in [0.2, 0.25) is 0 Å². The van der Waals surface area contributed by atoms with Crippen molar-refractivity contribution in [2.75, 3.05) is 0 Å². The van der Waals surface area contributed by atoms with Crippen LogP contribution in [0.4, 0.5) is 8.78 Å². The zero-order chi connectivity index (χ0) is 15.9. The Hall–Kier alpha value is -2.15. The second kappa shape index (κ2) is 5.24. The molecule has 0 amide bonds. The topological polar surface area (TPSA) is 43.6 Å². The first-order valence-electron chi connectivity index (χ1n) is 6.69. The molecule has 0 saturated heterocycles. The van der Waals surface area contributed by atoms with Crippen molar-refractivity contribution >= 4 is 11.5 Å². The zero-order valence-corrected chi connectivity index (χ0v) is 13.2. The van der Waals surface area contributed by atoms with Gasteiger partial charge in [-0.3, -0.25) is 4.68 Å². The number of aromatic nitrogens is 4. The molecule has 3 rings (SSSR count). The molecule has 0 saturated carbocycles. The third-order valence-electron chi connectivity index (χ3n) is 3.55. The van der Waals surface area contributed by atoms with E-state index in [0.717, 1.165) is 5.01 Å². The summed E-state index contributed by atoms with van der Waals surface area (Å²) in [6.07, 6.45) is 3.25. The van der Waals surface area contributed by atoms with Crippen LogP contribution in [0.15, 0.2) is 30.7 Å². The molecule has 3 aromatic rings. The Kier molecular flexibility index (Phi) is 3.52. The van der Waals surface area contributed by atoms with Gasteiger partial charge in [-0.1, -0.05) is 6.07 Å². The minimum absolute atomic E-state index is 0.105. The Morgan fingerprint density at radius 3 is 2.45 bits per heavy atom. The smallest absolute Gasteiger partial charge is 0.140 e. The van der Waals surface area contributed by atoms with E-state index in [9.17, 15) is 8.78 Å². The Morgan fingerprint density at radius 2 is 1.86 bits per heavy atom. The van der Waals surface area contributed by atoms with Gasteiger partial charge in [0.25, 0.3) is 0 Å². The summed E-state index contributed by atoms with van der Waals surface area (Å²) in [5.41, 5.74) is 0.341. The number of aryl methyl sites for hydroxylation is 1. The molecule has 0 N–H and O–H groups in total. The highest BCUT2D eigenvalue weighted by atomic mass is 32.1. The summed E-state index contributed by atoms with van der Waals surface area (Å²) in [5, 5.41) is 5.18. The molecule has 0 aliphatic carbocycles. The number of rotatable bonds is 3. The average molecular weight is 320 g/mol. The number of benzene rings is 1. The third-order valence-corrected chi connectivity index (χ3v) is 4.53. The zero-order valence-electron chi connectivity index (χ0n) is 12.3. The van der Waals surface area contributed by atoms with E-state index in [-0.39, 0.29) is 5.56 Å². The van der Waals surface area contributed by atoms with Gasteiger partial charge in [-0.05, 0) is 50.0 Å². The Balaban J connectivity index is 2.13. The number of hydrogen-bond acceptors (Lipinski definition) is 4. The highest BCUT2D eigenvalue weighted by Gasteiger charge is 2.29. The van der Waals surface area contributed by atoms with Crippen LogP contribution in [0.1, 0.15) is 24.4 Å². The monoisotopic (exact) mass is 320 g/mol. The molecule has 0 radical (unpaired) electrons. The molecule has 114 valence electrons. The van der Waals surface area contributed by atoms with Crippen molar-refractivity contribution in [3.8, 4) is 11.3 Å². The summed E-state index contributed by atoms with van der Waals surface area (Å²) < 4.78 is 33.6. The number of nitrogens with zero attached hydrogens (tertiary/aromatic N) is 4. The molecule has 0 fully saturated rings. The Bertz CT molecular complexity index is 789. The van der Waals surface area contributed by atoms with Crippen molar-refractivity contribution in [3.05, 3.63) is 52.9 Å². The molecule has 1 aromatic carbocycles. The molecule has 2 aromatic heterocycles. The fraction of sp³-hybridized carbons (Fsp3) is 0.267. The lowest BCUT2D eigenvalue weighted by Crippen LogP contribution is -2.28. The normalized spacial score (nSPS) is 11.9. The number of hydrogen-bond donors (Lipinski definition) is 0. The molecule has 7 heteroatoms. The molecular weight excluding hydrogens is 306 g/mol. The van der Waals surface area contributed by atoms with Gasteiger partial charge in [0.15, 0.2) is 0 Å². The maximum absolute atomic E-state index is 14.0. The standard InChI is InChI=1S/C15H14F2N4S/c1-9-7-21(15(2,3)14-18-8-19-22-14)20-13(9)12-10(16)5-4-6-11(12)17/h4-8H,1-3H3. The molecule has 0 aliphatic heterocycles. The quantitative estimate of drug-likeness (QED) is 0.738. The molecule has 4 nitrogen and oxygen atoms in total. The van der Waals surface area contributed by atoms with Gasteiger partial charge < -0.3 is 0 Å². The average Bonchev–Trinajstić information content (AvgIpc) is 3.09. The first kappa shape index (κ1) is 14.8. The summed E-state index contributed by atoms with van der Waals surface area (Å²) in [6.45, 7) is 5.64. The Labute approximate surface area is 130 Å². The molecule has 0 aliphatic rings. The van der Waals surface area contributed by atoms with Gasteiger partial charge >= 0.3 is 0 Å². The van der Waals surface area contributed by atoms with Gasteiger partial charge in [0.05, 0.1) is 5.56 Å². The largest absolute Gasteiger partial charge is 0.259 e. The molecule has 0 bridgehead atoms. The summed E-state index contributed by atoms with van der Waals surface area (Å²) >= 11 is 1.27. The van der Waals surface area contributed by atoms with E-state index in [4.69, 9.17) is 0 Å².